The van der Waals surface area contributed by atoms with E-state index in [4.69, 9.17) is 14.2 Å². The van der Waals surface area contributed by atoms with Crippen LogP contribution in [-0.2, 0) is 9.47 Å². The van der Waals surface area contributed by atoms with Crippen LogP contribution in [-0.4, -0.2) is 26.1 Å². The predicted octanol–water partition coefficient (Wildman–Crippen LogP) is 7.01. The summed E-state index contributed by atoms with van der Waals surface area (Å²) in [7, 11) is 0. The molecule has 3 nitrogen and oxygen atoms in total. The Balaban J connectivity index is 1.57. The van der Waals surface area contributed by atoms with Crippen LogP contribution >= 0.6 is 0 Å². The van der Waals surface area contributed by atoms with Crippen molar-refractivity contribution in [1.29, 1.82) is 0 Å². The lowest BCUT2D eigenvalue weighted by Crippen LogP contribution is -2.29. The van der Waals surface area contributed by atoms with Crippen molar-refractivity contribution in [2.45, 2.75) is 25.6 Å². The molecule has 1 aliphatic rings. The summed E-state index contributed by atoms with van der Waals surface area (Å²) < 4.78 is 74.8. The first-order chi connectivity index (χ1) is 16.4. The maximum atomic E-state index is 14.9. The van der Waals surface area contributed by atoms with Gasteiger partial charge in [0, 0.05) is 17.0 Å². The van der Waals surface area contributed by atoms with Gasteiger partial charge in [0.25, 0.3) is 0 Å². The van der Waals surface area contributed by atoms with Crippen molar-refractivity contribution >= 4 is 0 Å². The zero-order chi connectivity index (χ0) is 24.2. The molecule has 0 N–H and O–H groups in total. The van der Waals surface area contributed by atoms with E-state index in [1.54, 1.807) is 13.0 Å². The molecule has 0 aliphatic carbocycles. The molecule has 0 saturated carbocycles. The number of hydrogen-bond acceptors (Lipinski definition) is 3. The zero-order valence-electron chi connectivity index (χ0n) is 18.6. The van der Waals surface area contributed by atoms with Gasteiger partial charge in [-0.3, -0.25) is 0 Å². The molecule has 3 aromatic rings. The molecule has 4 rings (SSSR count). The van der Waals surface area contributed by atoms with E-state index in [0.29, 0.717) is 17.5 Å². The van der Waals surface area contributed by atoms with Crippen LogP contribution in [0.2, 0.25) is 0 Å². The van der Waals surface area contributed by atoms with Gasteiger partial charge in [-0.05, 0) is 42.2 Å². The molecule has 7 heteroatoms. The number of ether oxygens (including phenoxy) is 3. The Kier molecular flexibility index (Phi) is 7.34. The van der Waals surface area contributed by atoms with Crippen LogP contribution in [0.4, 0.5) is 17.6 Å². The fraction of sp³-hybridized carbons (Fsp3) is 0.259. The van der Waals surface area contributed by atoms with Gasteiger partial charge in [0.2, 0.25) is 5.82 Å². The SMILES string of the molecule is C=CCCOc1ccc(-c2ccc(-c3ccc(C4COC(C)OC4)c(F)c3F)cc2)c(F)c1F. The Hall–Kier alpha value is -3.16. The average Bonchev–Trinajstić information content (AvgIpc) is 2.85. The van der Waals surface area contributed by atoms with Gasteiger partial charge in [0.1, 0.15) is 0 Å². The largest absolute Gasteiger partial charge is 0.490 e. The van der Waals surface area contributed by atoms with Gasteiger partial charge in [-0.25, -0.2) is 13.2 Å². The van der Waals surface area contributed by atoms with Crippen molar-refractivity contribution in [3.8, 4) is 28.0 Å². The molecule has 1 saturated heterocycles. The number of hydrogen-bond donors (Lipinski definition) is 0. The minimum atomic E-state index is -1.08. The summed E-state index contributed by atoms with van der Waals surface area (Å²) in [5, 5.41) is 0. The molecule has 1 heterocycles. The van der Waals surface area contributed by atoms with E-state index in [1.165, 1.54) is 48.5 Å². The zero-order valence-corrected chi connectivity index (χ0v) is 18.6. The summed E-state index contributed by atoms with van der Waals surface area (Å²) in [6, 6.07) is 11.9. The molecule has 1 aliphatic heterocycles. The highest BCUT2D eigenvalue weighted by Gasteiger charge is 2.26. The van der Waals surface area contributed by atoms with E-state index in [1.807, 2.05) is 0 Å². The Morgan fingerprint density at radius 3 is 1.97 bits per heavy atom. The molecule has 3 aromatic carbocycles. The first-order valence-corrected chi connectivity index (χ1v) is 10.9. The molecule has 34 heavy (non-hydrogen) atoms. The van der Waals surface area contributed by atoms with Gasteiger partial charge in [0.15, 0.2) is 29.5 Å². The Morgan fingerprint density at radius 2 is 1.38 bits per heavy atom. The quantitative estimate of drug-likeness (QED) is 0.210. The Morgan fingerprint density at radius 1 is 0.824 bits per heavy atom. The second-order valence-corrected chi connectivity index (χ2v) is 8.00. The van der Waals surface area contributed by atoms with Gasteiger partial charge in [0.05, 0.1) is 19.8 Å². The molecule has 0 spiro atoms. The first-order valence-electron chi connectivity index (χ1n) is 10.9. The molecule has 0 unspecified atom stereocenters. The van der Waals surface area contributed by atoms with Gasteiger partial charge in [-0.1, -0.05) is 42.5 Å². The van der Waals surface area contributed by atoms with Crippen LogP contribution in [0.1, 0.15) is 24.8 Å². The van der Waals surface area contributed by atoms with Gasteiger partial charge < -0.3 is 14.2 Å². The fourth-order valence-electron chi connectivity index (χ4n) is 3.83. The normalized spacial score (nSPS) is 18.0. The highest BCUT2D eigenvalue weighted by molar-refractivity contribution is 5.71. The number of benzene rings is 3. The predicted molar refractivity (Wildman–Crippen MR) is 122 cm³/mol. The molecular weight excluding hydrogens is 448 g/mol. The van der Waals surface area contributed by atoms with E-state index in [9.17, 15) is 17.6 Å². The van der Waals surface area contributed by atoms with Crippen LogP contribution in [0, 0.1) is 23.3 Å². The van der Waals surface area contributed by atoms with Gasteiger partial charge in [-0.2, -0.15) is 4.39 Å². The topological polar surface area (TPSA) is 27.7 Å². The fourth-order valence-corrected chi connectivity index (χ4v) is 3.83. The highest BCUT2D eigenvalue weighted by atomic mass is 19.2. The smallest absolute Gasteiger partial charge is 0.201 e. The van der Waals surface area contributed by atoms with Crippen LogP contribution in [0.3, 0.4) is 0 Å². The summed E-state index contributed by atoms with van der Waals surface area (Å²) in [4.78, 5) is 0. The third-order valence-electron chi connectivity index (χ3n) is 5.75. The summed E-state index contributed by atoms with van der Waals surface area (Å²) >= 11 is 0. The highest BCUT2D eigenvalue weighted by Crippen LogP contribution is 2.34. The maximum absolute atomic E-state index is 14.9. The Bertz CT molecular complexity index is 1170. The molecular formula is C27H24F4O3. The summed E-state index contributed by atoms with van der Waals surface area (Å²) in [6.07, 6.45) is 1.75. The lowest BCUT2D eigenvalue weighted by atomic mass is 9.94. The van der Waals surface area contributed by atoms with E-state index >= 15 is 0 Å². The summed E-state index contributed by atoms with van der Waals surface area (Å²) in [5.74, 6) is -4.64. The summed E-state index contributed by atoms with van der Waals surface area (Å²) in [6.45, 7) is 5.97. The molecule has 178 valence electrons. The van der Waals surface area contributed by atoms with Crippen molar-refractivity contribution in [2.24, 2.45) is 0 Å². The number of halogens is 4. The van der Waals surface area contributed by atoms with Crippen molar-refractivity contribution in [3.63, 3.8) is 0 Å². The van der Waals surface area contributed by atoms with Crippen LogP contribution < -0.4 is 4.74 Å². The third kappa shape index (κ3) is 4.86. The number of rotatable bonds is 7. The first kappa shape index (κ1) is 24.0. The molecule has 1 fully saturated rings. The summed E-state index contributed by atoms with van der Waals surface area (Å²) in [5.41, 5.74) is 1.09. The van der Waals surface area contributed by atoms with Crippen molar-refractivity contribution in [3.05, 3.63) is 90.0 Å². The molecule has 0 atom stereocenters. The van der Waals surface area contributed by atoms with E-state index in [-0.39, 0.29) is 48.6 Å². The minimum Gasteiger partial charge on any atom is -0.490 e. The second-order valence-electron chi connectivity index (χ2n) is 8.00. The van der Waals surface area contributed by atoms with Crippen molar-refractivity contribution in [2.75, 3.05) is 19.8 Å². The lowest BCUT2D eigenvalue weighted by molar-refractivity contribution is -0.176. The lowest BCUT2D eigenvalue weighted by Gasteiger charge is -2.28. The third-order valence-corrected chi connectivity index (χ3v) is 5.75. The van der Waals surface area contributed by atoms with Crippen LogP contribution in [0.25, 0.3) is 22.3 Å². The van der Waals surface area contributed by atoms with Crippen LogP contribution in [0.5, 0.6) is 5.75 Å². The molecule has 0 bridgehead atoms. The molecule has 0 aromatic heterocycles. The van der Waals surface area contributed by atoms with Gasteiger partial charge >= 0.3 is 0 Å². The monoisotopic (exact) mass is 472 g/mol. The molecule has 0 amide bonds. The average molecular weight is 472 g/mol. The van der Waals surface area contributed by atoms with E-state index in [0.717, 1.165) is 0 Å². The molecule has 0 radical (unpaired) electrons. The van der Waals surface area contributed by atoms with E-state index in [2.05, 4.69) is 6.58 Å². The van der Waals surface area contributed by atoms with Crippen LogP contribution in [0.15, 0.2) is 61.2 Å². The standard InChI is InChI=1S/C27H24F4O3/c1-3-4-13-32-23-12-11-21(26(30)27(23)31)18-7-5-17(6-8-18)20-9-10-22(25(29)24(20)28)19-14-33-16(2)34-15-19/h3,5-12,16,19H,1,4,13-15H2,2H3. The second kappa shape index (κ2) is 10.4. The Labute approximate surface area is 195 Å². The van der Waals surface area contributed by atoms with E-state index < -0.39 is 29.2 Å². The minimum absolute atomic E-state index is 0.0358. The maximum Gasteiger partial charge on any atom is 0.201 e. The van der Waals surface area contributed by atoms with Crippen molar-refractivity contribution in [1.82, 2.24) is 0 Å². The van der Waals surface area contributed by atoms with Gasteiger partial charge in [-0.15, -0.1) is 6.58 Å². The van der Waals surface area contributed by atoms with Crippen molar-refractivity contribution < 1.29 is 31.8 Å².